The Labute approximate surface area is 370 Å². The molecule has 332 valence electrons. The van der Waals surface area contributed by atoms with Crippen molar-refractivity contribution in [1.29, 1.82) is 0 Å². The lowest BCUT2D eigenvalue weighted by molar-refractivity contribution is -0.145. The van der Waals surface area contributed by atoms with E-state index < -0.39 is 71.9 Å². The van der Waals surface area contributed by atoms with E-state index in [0.717, 1.165) is 17.5 Å². The maximum atomic E-state index is 14.5. The Hall–Kier alpha value is -7.23. The van der Waals surface area contributed by atoms with Gasteiger partial charge in [0.25, 0.3) is 11.8 Å². The van der Waals surface area contributed by atoms with Crippen LogP contribution in [0.25, 0.3) is 11.1 Å². The minimum atomic E-state index is -2.33. The summed E-state index contributed by atoms with van der Waals surface area (Å²) in [5.74, 6) is -5.68. The Morgan fingerprint density at radius 2 is 1.06 bits per heavy atom. The van der Waals surface area contributed by atoms with Crippen molar-refractivity contribution in [2.24, 2.45) is 5.92 Å². The summed E-state index contributed by atoms with van der Waals surface area (Å²) in [6.07, 6.45) is -1.17. The number of carbonyl (C=O) groups excluding carboxylic acids is 5. The van der Waals surface area contributed by atoms with Crippen LogP contribution in [0.3, 0.4) is 0 Å². The molecule has 6 atom stereocenters. The number of anilines is 1. The van der Waals surface area contributed by atoms with Gasteiger partial charge in [-0.05, 0) is 69.5 Å². The minimum Gasteiger partial charge on any atom is -0.480 e. The number of carboxylic acids is 1. The normalized spacial score (nSPS) is 21.4. The van der Waals surface area contributed by atoms with Crippen molar-refractivity contribution in [1.82, 2.24) is 26.3 Å². The Kier molecular flexibility index (Phi) is 15.7. The van der Waals surface area contributed by atoms with Crippen LogP contribution in [0.15, 0.2) is 128 Å². The second-order valence-electron chi connectivity index (χ2n) is 16.3. The highest BCUT2D eigenvalue weighted by molar-refractivity contribution is 6.00. The van der Waals surface area contributed by atoms with Gasteiger partial charge in [-0.15, -0.1) is 0 Å². The van der Waals surface area contributed by atoms with Crippen molar-refractivity contribution >= 4 is 41.2 Å². The smallest absolute Gasteiger partial charge is 0.326 e. The van der Waals surface area contributed by atoms with E-state index in [1.165, 1.54) is 42.2 Å². The number of aliphatic hydroxyl groups is 2. The molecule has 15 heteroatoms. The number of pyridine rings is 1. The molecule has 0 fully saturated rings. The highest BCUT2D eigenvalue weighted by Gasteiger charge is 2.35. The molecular weight excluding hydrogens is 817 g/mol. The molecule has 1 aromatic heterocycles. The first-order valence-corrected chi connectivity index (χ1v) is 21.0. The zero-order chi connectivity index (χ0) is 45.8. The third-order valence-electron chi connectivity index (χ3n) is 10.8. The zero-order valence-electron chi connectivity index (χ0n) is 35.4. The highest BCUT2D eigenvalue weighted by Crippen LogP contribution is 2.22. The largest absolute Gasteiger partial charge is 0.480 e. The summed E-state index contributed by atoms with van der Waals surface area (Å²) in [7, 11) is 0. The van der Waals surface area contributed by atoms with Crippen LogP contribution in [0, 0.1) is 5.92 Å². The number of rotatable bonds is 10. The van der Waals surface area contributed by atoms with Gasteiger partial charge in [0.1, 0.15) is 24.2 Å². The van der Waals surface area contributed by atoms with Crippen LogP contribution < -0.4 is 26.6 Å². The van der Waals surface area contributed by atoms with E-state index in [-0.39, 0.29) is 31.4 Å². The van der Waals surface area contributed by atoms with Crippen LogP contribution >= 0.6 is 0 Å². The molecule has 2 aliphatic rings. The number of benzene rings is 4. The number of aromatic nitrogens is 1. The van der Waals surface area contributed by atoms with Crippen LogP contribution in [-0.4, -0.2) is 92.2 Å². The first-order chi connectivity index (χ1) is 30.7. The lowest BCUT2D eigenvalue weighted by Gasteiger charge is -2.27. The molecule has 0 saturated heterocycles. The molecule has 0 saturated carbocycles. The fourth-order valence-electron chi connectivity index (χ4n) is 7.34. The maximum absolute atomic E-state index is 14.5. The van der Waals surface area contributed by atoms with E-state index in [1.807, 2.05) is 36.4 Å². The summed E-state index contributed by atoms with van der Waals surface area (Å²) < 4.78 is 0. The summed E-state index contributed by atoms with van der Waals surface area (Å²) in [6.45, 7) is 4.32. The molecule has 4 aromatic carbocycles. The SMILES string of the molecule is CC(C)Cc1ccc(-c2ccc(CC3NC(=O)C(Cc4cccnc4)NC(=O)C(O)C(O)C(=O)Nc4ccc(cc4)CC(C(=O)O)NC(=O)C(Cc4ccccc4)NC3=O)cc2)cc1. The summed E-state index contributed by atoms with van der Waals surface area (Å²) in [6, 6.07) is 28.0. The van der Waals surface area contributed by atoms with Crippen molar-refractivity contribution in [3.8, 4) is 11.1 Å². The van der Waals surface area contributed by atoms with Crippen LogP contribution in [0.5, 0.6) is 0 Å². The number of nitrogens with one attached hydrogen (secondary N) is 5. The lowest BCUT2D eigenvalue weighted by Crippen LogP contribution is -2.60. The molecule has 64 heavy (non-hydrogen) atoms. The molecule has 0 spiro atoms. The molecule has 5 aromatic rings. The van der Waals surface area contributed by atoms with Gasteiger partial charge >= 0.3 is 5.97 Å². The van der Waals surface area contributed by atoms with Crippen molar-refractivity contribution < 1.29 is 44.1 Å². The monoisotopic (exact) mass is 868 g/mol. The van der Waals surface area contributed by atoms with Gasteiger partial charge in [0.2, 0.25) is 17.7 Å². The third-order valence-corrected chi connectivity index (χ3v) is 10.8. The first-order valence-electron chi connectivity index (χ1n) is 21.0. The number of hydrogen-bond donors (Lipinski definition) is 8. The molecule has 15 nitrogen and oxygen atoms in total. The molecule has 2 aliphatic heterocycles. The molecule has 5 amide bonds. The summed E-state index contributed by atoms with van der Waals surface area (Å²) in [5.41, 5.74) is 5.50. The standard InChI is InChI=1S/C49H52N6O9/c1-29(2)23-31-10-16-35(17-11-31)36-18-12-32(13-19-36)25-39-44(58)52-38(24-30-7-4-3-5-8-30)46(60)55-41(49(63)64)26-33-14-20-37(21-15-33)51-47(61)42(56)43(57)48(62)54-40(45(59)53-39)27-34-9-6-22-50-28-34/h3-22,28-29,38-43,56-57H,23-27H2,1-2H3,(H,51,61)(H,52,58)(H,53,59)(H,54,62)(H,55,60)(H,63,64). The van der Waals surface area contributed by atoms with Gasteiger partial charge in [0, 0.05) is 43.8 Å². The van der Waals surface area contributed by atoms with Crippen molar-refractivity contribution in [2.75, 3.05) is 5.32 Å². The molecule has 6 unspecified atom stereocenters. The van der Waals surface area contributed by atoms with Gasteiger partial charge in [0.15, 0.2) is 12.2 Å². The van der Waals surface area contributed by atoms with Crippen molar-refractivity contribution in [2.45, 2.75) is 82.3 Å². The van der Waals surface area contributed by atoms with Crippen LogP contribution in [0.1, 0.15) is 41.7 Å². The molecule has 3 heterocycles. The number of hydrogen-bond acceptors (Lipinski definition) is 9. The fourth-order valence-corrected chi connectivity index (χ4v) is 7.34. The van der Waals surface area contributed by atoms with Crippen LogP contribution in [0.2, 0.25) is 0 Å². The fraction of sp³-hybridized carbons (Fsp3) is 0.286. The van der Waals surface area contributed by atoms with E-state index in [0.29, 0.717) is 28.2 Å². The molecule has 0 radical (unpaired) electrons. The summed E-state index contributed by atoms with van der Waals surface area (Å²) in [4.78, 5) is 86.0. The lowest BCUT2D eigenvalue weighted by atomic mass is 9.97. The van der Waals surface area contributed by atoms with Crippen LogP contribution in [-0.2, 0) is 60.9 Å². The Morgan fingerprint density at radius 3 is 1.59 bits per heavy atom. The molecule has 2 bridgehead atoms. The zero-order valence-corrected chi connectivity index (χ0v) is 35.4. The van der Waals surface area contributed by atoms with E-state index in [9.17, 15) is 44.1 Å². The quantitative estimate of drug-likeness (QED) is 0.0956. The number of amides is 5. The van der Waals surface area contributed by atoms with Gasteiger partial charge in [0.05, 0.1) is 0 Å². The predicted octanol–water partition coefficient (Wildman–Crippen LogP) is 2.92. The van der Waals surface area contributed by atoms with E-state index in [1.54, 1.807) is 42.5 Å². The topological polar surface area (TPSA) is 236 Å². The minimum absolute atomic E-state index is 0.0373. The number of fused-ring (bicyclic) bond motifs is 18. The Bertz CT molecular complexity index is 2400. The summed E-state index contributed by atoms with van der Waals surface area (Å²) >= 11 is 0. The molecule has 0 aliphatic carbocycles. The predicted molar refractivity (Wildman–Crippen MR) is 238 cm³/mol. The summed E-state index contributed by atoms with van der Waals surface area (Å²) in [5, 5.41) is 44.7. The number of aliphatic carboxylic acids is 1. The van der Waals surface area contributed by atoms with Gasteiger partial charge in [-0.2, -0.15) is 0 Å². The van der Waals surface area contributed by atoms with Gasteiger partial charge in [-0.25, -0.2) is 4.79 Å². The average molecular weight is 869 g/mol. The molecule has 8 N–H and O–H groups in total. The average Bonchev–Trinajstić information content (AvgIpc) is 3.28. The number of carboxylic acid groups (broad SMARTS) is 1. The third kappa shape index (κ3) is 12.9. The van der Waals surface area contributed by atoms with E-state index in [4.69, 9.17) is 0 Å². The maximum Gasteiger partial charge on any atom is 0.326 e. The van der Waals surface area contributed by atoms with Gasteiger partial charge < -0.3 is 41.9 Å². The van der Waals surface area contributed by atoms with E-state index >= 15 is 0 Å². The van der Waals surface area contributed by atoms with Crippen LogP contribution in [0.4, 0.5) is 5.69 Å². The Balaban J connectivity index is 1.36. The molecule has 7 rings (SSSR count). The van der Waals surface area contributed by atoms with Crippen molar-refractivity contribution in [3.05, 3.63) is 155 Å². The number of aliphatic hydroxyl groups excluding tert-OH is 2. The molecular formula is C49H52N6O9. The van der Waals surface area contributed by atoms with Crippen molar-refractivity contribution in [3.63, 3.8) is 0 Å². The second-order valence-corrected chi connectivity index (χ2v) is 16.3. The highest BCUT2D eigenvalue weighted by atomic mass is 16.4. The van der Waals surface area contributed by atoms with Gasteiger partial charge in [-0.1, -0.05) is 111 Å². The first kappa shape index (κ1) is 46.3. The Morgan fingerprint density at radius 1 is 0.578 bits per heavy atom. The number of nitrogens with zero attached hydrogens (tertiary/aromatic N) is 1. The number of carbonyl (C=O) groups is 6. The second kappa shape index (κ2) is 21.7. The van der Waals surface area contributed by atoms with Gasteiger partial charge in [-0.3, -0.25) is 29.0 Å². The van der Waals surface area contributed by atoms with E-state index in [2.05, 4.69) is 57.5 Å².